The minimum Gasteiger partial charge on any atom is -0.358 e. The monoisotopic (exact) mass is 263 g/mol. The second-order valence-electron chi connectivity index (χ2n) is 0. The Bertz CT molecular complexity index is 7.61. The third-order valence-corrected chi connectivity index (χ3v) is 0. The maximum Gasteiger partial charge on any atom is 0 e. The fraction of sp³-hybridized carbons (Fsp3) is 0. The van der Waals surface area contributed by atoms with Crippen LogP contribution in [0.3, 0.4) is 0 Å². The van der Waals surface area contributed by atoms with Crippen molar-refractivity contribution in [1.29, 1.82) is 0 Å². The molecule has 0 bridgehead atoms. The van der Waals surface area contributed by atoms with Crippen molar-refractivity contribution in [1.82, 2.24) is 0 Å². The Balaban J connectivity index is 0. The molecule has 0 nitrogen and oxygen atoms in total. The van der Waals surface area contributed by atoms with E-state index in [4.69, 9.17) is 0 Å². The number of hydrogen-bond acceptors (Lipinski definition) is 0. The molecule has 0 aromatic heterocycles. The van der Waals surface area contributed by atoms with Crippen LogP contribution in [0.25, 0.3) is 0 Å². The van der Waals surface area contributed by atoms with Gasteiger partial charge in [0.2, 0.25) is 0 Å². The molecular weight excluding hydrogens is 257 g/mol. The predicted octanol–water partition coefficient (Wildman–Crippen LogP) is 0.893. The fourth-order valence-corrected chi connectivity index (χ4v) is 0. The average Bonchev–Trinajstić information content (AvgIpc) is 0. The Hall–Kier alpha value is 2.73. The maximum absolute atomic E-state index is 0. The first-order chi connectivity index (χ1) is 0. The van der Waals surface area contributed by atoms with E-state index in [1.165, 1.54) is 0 Å². The van der Waals surface area contributed by atoms with Gasteiger partial charge < -0.3 is 14.9 Å². The zero-order chi connectivity index (χ0) is 0. The Kier molecular flexibility index (Phi) is 279. The van der Waals surface area contributed by atoms with Crippen LogP contribution in [0.1, 0.15) is 0 Å². The van der Waals surface area contributed by atoms with Gasteiger partial charge >= 0.3 is 0 Å². The van der Waals surface area contributed by atoms with Crippen molar-refractivity contribution >= 4 is 0 Å². The third-order valence-electron chi connectivity index (χ3n) is 0. The molecule has 0 unspecified atom stereocenters. The summed E-state index contributed by atoms with van der Waals surface area (Å²) in [5.74, 6) is 0. The van der Waals surface area contributed by atoms with Crippen molar-refractivity contribution in [2.45, 2.75) is 0 Å². The van der Waals surface area contributed by atoms with E-state index >= 15 is 0 Å². The summed E-state index contributed by atoms with van der Waals surface area (Å²) in [5, 5.41) is 0. The van der Waals surface area contributed by atoms with Gasteiger partial charge in [0, 0.05) is 82.5 Å². The summed E-state index contributed by atoms with van der Waals surface area (Å²) in [5.41, 5.74) is 0. The summed E-state index contributed by atoms with van der Waals surface area (Å²) < 4.78 is 0. The molecule has 0 atom stereocenters. The summed E-state index contributed by atoms with van der Waals surface area (Å²) in [4.78, 5) is 0. The zero-order valence-corrected chi connectivity index (χ0v) is 10.4. The molecule has 0 amide bonds. The minimum absolute atomic E-state index is 0. The maximum atomic E-state index is 0. The first-order valence-corrected chi connectivity index (χ1v) is 0. The predicted molar refractivity (Wildman–Crippen MR) is 12.8 cm³/mol. The first-order valence-electron chi connectivity index (χ1n) is 0. The summed E-state index contributed by atoms with van der Waals surface area (Å²) in [6.45, 7) is 0. The Morgan fingerprint density at radius 3 is 0.600 bits per heavy atom. The van der Waals surface area contributed by atoms with Crippen LogP contribution in [0.2, 0.25) is 0 Å². The molecular formula is C2H6MnY2-2. The van der Waals surface area contributed by atoms with Gasteiger partial charge in [-0.3, -0.25) is 0 Å². The quantitative estimate of drug-likeness (QED) is 0.449. The number of hydrogen-bond donors (Lipinski definition) is 0. The van der Waals surface area contributed by atoms with Crippen LogP contribution < -0.4 is 0 Å². The van der Waals surface area contributed by atoms with Gasteiger partial charge in [-0.25, -0.2) is 0 Å². The molecule has 0 saturated heterocycles. The summed E-state index contributed by atoms with van der Waals surface area (Å²) in [7, 11) is 0. The summed E-state index contributed by atoms with van der Waals surface area (Å²) in [6, 6.07) is 0. The zero-order valence-electron chi connectivity index (χ0n) is 3.53. The van der Waals surface area contributed by atoms with Gasteiger partial charge in [-0.15, -0.1) is 0 Å². The van der Waals surface area contributed by atoms with Crippen LogP contribution in [-0.4, -0.2) is 0 Å². The molecule has 0 aliphatic rings. The number of rotatable bonds is 0. The van der Waals surface area contributed by atoms with E-state index in [-0.39, 0.29) is 97.3 Å². The van der Waals surface area contributed by atoms with Gasteiger partial charge in [0.05, 0.1) is 0 Å². The molecule has 0 spiro atoms. The van der Waals surface area contributed by atoms with Crippen molar-refractivity contribution in [3.05, 3.63) is 14.9 Å². The molecule has 0 aliphatic carbocycles. The van der Waals surface area contributed by atoms with Crippen molar-refractivity contribution in [3.8, 4) is 0 Å². The molecule has 0 aromatic rings. The molecule has 0 aliphatic heterocycles. The molecule has 29 valence electrons. The fourth-order valence-electron chi connectivity index (χ4n) is 0. The van der Waals surface area contributed by atoms with Crippen molar-refractivity contribution in [2.75, 3.05) is 0 Å². The van der Waals surface area contributed by atoms with E-state index in [2.05, 4.69) is 0 Å². The van der Waals surface area contributed by atoms with Crippen molar-refractivity contribution in [3.63, 3.8) is 0 Å². The Labute approximate surface area is 95.5 Å². The average molecular weight is 263 g/mol. The summed E-state index contributed by atoms with van der Waals surface area (Å²) in [6.07, 6.45) is 0. The SMILES string of the molecule is [CH3-].[CH3-].[Mn].[Y].[Y]. The van der Waals surface area contributed by atoms with Gasteiger partial charge in [-0.2, -0.15) is 0 Å². The molecule has 0 saturated carbocycles. The van der Waals surface area contributed by atoms with Crippen LogP contribution in [0.5, 0.6) is 0 Å². The van der Waals surface area contributed by atoms with Crippen LogP contribution in [0, 0.1) is 14.9 Å². The Morgan fingerprint density at radius 1 is 0.600 bits per heavy atom. The topological polar surface area (TPSA) is 0 Å². The first kappa shape index (κ1) is 47.0. The van der Waals surface area contributed by atoms with E-state index < -0.39 is 0 Å². The minimum atomic E-state index is 0. The smallest absolute Gasteiger partial charge is 0 e. The van der Waals surface area contributed by atoms with Crippen molar-refractivity contribution < 1.29 is 82.5 Å². The van der Waals surface area contributed by atoms with Crippen molar-refractivity contribution in [2.24, 2.45) is 0 Å². The van der Waals surface area contributed by atoms with E-state index in [1.54, 1.807) is 0 Å². The van der Waals surface area contributed by atoms with E-state index in [1.807, 2.05) is 0 Å². The molecule has 0 rings (SSSR count). The molecule has 3 heteroatoms. The van der Waals surface area contributed by atoms with E-state index in [9.17, 15) is 0 Å². The van der Waals surface area contributed by atoms with Gasteiger partial charge in [0.25, 0.3) is 0 Å². The van der Waals surface area contributed by atoms with E-state index in [0.717, 1.165) is 0 Å². The van der Waals surface area contributed by atoms with Crippen LogP contribution in [0.15, 0.2) is 0 Å². The third kappa shape index (κ3) is 20.2. The standard InChI is InChI=1S/2CH3.Mn.2Y/h2*1H3;;;/q2*-1;;;. The molecule has 0 aromatic carbocycles. The van der Waals surface area contributed by atoms with Crippen LogP contribution in [0.4, 0.5) is 0 Å². The van der Waals surface area contributed by atoms with Gasteiger partial charge in [0.1, 0.15) is 0 Å². The second-order valence-corrected chi connectivity index (χ2v) is 0. The van der Waals surface area contributed by atoms with Gasteiger partial charge in [-0.05, 0) is 0 Å². The Morgan fingerprint density at radius 2 is 0.600 bits per heavy atom. The van der Waals surface area contributed by atoms with Gasteiger partial charge in [-0.1, -0.05) is 0 Å². The molecule has 0 fully saturated rings. The second kappa shape index (κ2) is 29.7. The normalized spacial score (nSPS) is 0. The summed E-state index contributed by atoms with van der Waals surface area (Å²) >= 11 is 0. The largest absolute Gasteiger partial charge is 0.358 e. The molecule has 0 heterocycles. The van der Waals surface area contributed by atoms with Crippen LogP contribution in [-0.2, 0) is 82.5 Å². The molecule has 5 heavy (non-hydrogen) atoms. The van der Waals surface area contributed by atoms with Gasteiger partial charge in [0.15, 0.2) is 0 Å². The van der Waals surface area contributed by atoms with E-state index in [0.29, 0.717) is 0 Å². The van der Waals surface area contributed by atoms with Crippen LogP contribution >= 0.6 is 0 Å². The molecule has 3 radical (unpaired) electrons. The molecule has 0 N–H and O–H groups in total.